The zero-order valence-electron chi connectivity index (χ0n) is 12.5. The Kier molecular flexibility index (Phi) is 4.12. The Morgan fingerprint density at radius 2 is 1.80 bits per heavy atom. The van der Waals surface area contributed by atoms with Gasteiger partial charge in [-0.25, -0.2) is 4.39 Å². The van der Waals surface area contributed by atoms with E-state index in [1.807, 2.05) is 25.1 Å². The number of hydrogen-bond donors (Lipinski definition) is 0. The van der Waals surface area contributed by atoms with Crippen LogP contribution in [0.1, 0.15) is 24.0 Å². The molecule has 1 aromatic rings. The summed E-state index contributed by atoms with van der Waals surface area (Å²) in [6, 6.07) is 4.87. The maximum atomic E-state index is 13.6. The molecule has 0 unspecified atom stereocenters. The lowest BCUT2D eigenvalue weighted by molar-refractivity contribution is -0.126. The van der Waals surface area contributed by atoms with E-state index in [4.69, 9.17) is 0 Å². The van der Waals surface area contributed by atoms with E-state index in [0.29, 0.717) is 5.70 Å². The first-order chi connectivity index (χ1) is 9.41. The van der Waals surface area contributed by atoms with Crippen molar-refractivity contribution in [2.75, 3.05) is 28.2 Å². The van der Waals surface area contributed by atoms with Gasteiger partial charge in [-0.05, 0) is 48.1 Å². The molecule has 0 heterocycles. The van der Waals surface area contributed by atoms with Crippen LogP contribution in [0.25, 0.3) is 5.57 Å². The SMILES string of the molecule is CN(C)C(=O)/C(=C1/CCCc2ccc(F)cc21)N(C)C. The minimum absolute atomic E-state index is 0.0397. The summed E-state index contributed by atoms with van der Waals surface area (Å²) in [5, 5.41) is 0. The van der Waals surface area contributed by atoms with Gasteiger partial charge in [0.2, 0.25) is 0 Å². The normalized spacial score (nSPS) is 16.4. The van der Waals surface area contributed by atoms with Gasteiger partial charge in [-0.15, -0.1) is 0 Å². The third-order valence-corrected chi connectivity index (χ3v) is 3.61. The molecule has 0 aromatic heterocycles. The second-order valence-corrected chi connectivity index (χ2v) is 5.58. The van der Waals surface area contributed by atoms with Crippen molar-refractivity contribution in [1.82, 2.24) is 9.80 Å². The Morgan fingerprint density at radius 1 is 1.10 bits per heavy atom. The molecule has 0 atom stereocenters. The number of halogens is 1. The van der Waals surface area contributed by atoms with Crippen LogP contribution in [0.15, 0.2) is 23.9 Å². The average Bonchev–Trinajstić information content (AvgIpc) is 2.38. The maximum absolute atomic E-state index is 13.6. The number of allylic oxidation sites excluding steroid dienone is 1. The van der Waals surface area contributed by atoms with Gasteiger partial charge in [-0.1, -0.05) is 6.07 Å². The molecule has 1 aliphatic rings. The van der Waals surface area contributed by atoms with Gasteiger partial charge < -0.3 is 9.80 Å². The molecular weight excluding hydrogens is 255 g/mol. The standard InChI is InChI=1S/C16H21FN2O/c1-18(2)15(16(20)19(3)4)13-7-5-6-11-8-9-12(17)10-14(11)13/h8-10H,5-7H2,1-4H3/b15-13+. The number of carbonyl (C=O) groups is 1. The number of likely N-dealkylation sites (N-methyl/N-ethyl adjacent to an activating group) is 2. The second-order valence-electron chi connectivity index (χ2n) is 5.58. The molecule has 2 rings (SSSR count). The van der Waals surface area contributed by atoms with Crippen molar-refractivity contribution in [3.8, 4) is 0 Å². The summed E-state index contributed by atoms with van der Waals surface area (Å²) in [5.41, 5.74) is 3.62. The fraction of sp³-hybridized carbons (Fsp3) is 0.438. The van der Waals surface area contributed by atoms with Crippen LogP contribution in [0, 0.1) is 5.82 Å². The molecule has 0 bridgehead atoms. The van der Waals surface area contributed by atoms with Gasteiger partial charge in [0.1, 0.15) is 11.5 Å². The number of aryl methyl sites for hydroxylation is 1. The Morgan fingerprint density at radius 3 is 2.40 bits per heavy atom. The predicted molar refractivity (Wildman–Crippen MR) is 78.6 cm³/mol. The van der Waals surface area contributed by atoms with Crippen molar-refractivity contribution in [1.29, 1.82) is 0 Å². The van der Waals surface area contributed by atoms with Crippen LogP contribution in [0.2, 0.25) is 0 Å². The first kappa shape index (κ1) is 14.6. The Labute approximate surface area is 119 Å². The largest absolute Gasteiger partial charge is 0.373 e. The van der Waals surface area contributed by atoms with E-state index in [0.717, 1.165) is 36.0 Å². The van der Waals surface area contributed by atoms with Crippen LogP contribution in [0.5, 0.6) is 0 Å². The second kappa shape index (κ2) is 5.65. The van der Waals surface area contributed by atoms with Crippen molar-refractivity contribution in [3.05, 3.63) is 40.8 Å². The maximum Gasteiger partial charge on any atom is 0.269 e. The van der Waals surface area contributed by atoms with Gasteiger partial charge in [-0.2, -0.15) is 0 Å². The van der Waals surface area contributed by atoms with Gasteiger partial charge in [0.25, 0.3) is 5.91 Å². The lowest BCUT2D eigenvalue weighted by atomic mass is 9.85. The summed E-state index contributed by atoms with van der Waals surface area (Å²) in [7, 11) is 7.19. The summed E-state index contributed by atoms with van der Waals surface area (Å²) >= 11 is 0. The van der Waals surface area contributed by atoms with Gasteiger partial charge >= 0.3 is 0 Å². The lowest BCUT2D eigenvalue weighted by Gasteiger charge is -2.27. The molecule has 0 aliphatic heterocycles. The molecule has 4 heteroatoms. The van der Waals surface area contributed by atoms with Gasteiger partial charge in [-0.3, -0.25) is 4.79 Å². The number of rotatable bonds is 2. The molecule has 3 nitrogen and oxygen atoms in total. The number of nitrogens with zero attached hydrogens (tertiary/aromatic N) is 2. The van der Waals surface area contributed by atoms with Crippen molar-refractivity contribution in [2.45, 2.75) is 19.3 Å². The highest BCUT2D eigenvalue weighted by Crippen LogP contribution is 2.34. The highest BCUT2D eigenvalue weighted by atomic mass is 19.1. The Balaban J connectivity index is 2.63. The fourth-order valence-electron chi connectivity index (χ4n) is 2.69. The van der Waals surface area contributed by atoms with Gasteiger partial charge in [0.05, 0.1) is 0 Å². The van der Waals surface area contributed by atoms with E-state index in [9.17, 15) is 9.18 Å². The molecule has 1 amide bonds. The lowest BCUT2D eigenvalue weighted by Crippen LogP contribution is -2.32. The minimum atomic E-state index is -0.251. The van der Waals surface area contributed by atoms with Crippen molar-refractivity contribution >= 4 is 11.5 Å². The van der Waals surface area contributed by atoms with Crippen LogP contribution in [-0.2, 0) is 11.2 Å². The molecule has 0 fully saturated rings. The van der Waals surface area contributed by atoms with Crippen LogP contribution in [0.3, 0.4) is 0 Å². The van der Waals surface area contributed by atoms with Crippen LogP contribution in [-0.4, -0.2) is 43.9 Å². The monoisotopic (exact) mass is 276 g/mol. The van der Waals surface area contributed by atoms with Crippen molar-refractivity contribution in [2.24, 2.45) is 0 Å². The molecule has 0 saturated carbocycles. The van der Waals surface area contributed by atoms with E-state index < -0.39 is 0 Å². The summed E-state index contributed by atoms with van der Waals surface area (Å²) in [6.07, 6.45) is 2.74. The topological polar surface area (TPSA) is 23.6 Å². The van der Waals surface area contributed by atoms with E-state index in [-0.39, 0.29) is 11.7 Å². The van der Waals surface area contributed by atoms with E-state index >= 15 is 0 Å². The Hall–Kier alpha value is -1.84. The van der Waals surface area contributed by atoms with E-state index in [2.05, 4.69) is 0 Å². The first-order valence-electron chi connectivity index (χ1n) is 6.82. The number of carbonyl (C=O) groups excluding carboxylic acids is 1. The van der Waals surface area contributed by atoms with Crippen molar-refractivity contribution in [3.63, 3.8) is 0 Å². The molecule has 0 saturated heterocycles. The number of hydrogen-bond acceptors (Lipinski definition) is 2. The predicted octanol–water partition coefficient (Wildman–Crippen LogP) is 2.52. The summed E-state index contributed by atoms with van der Waals surface area (Å²) < 4.78 is 13.6. The molecule has 0 spiro atoms. The third-order valence-electron chi connectivity index (χ3n) is 3.61. The van der Waals surface area contributed by atoms with Crippen LogP contribution in [0.4, 0.5) is 4.39 Å². The molecule has 0 radical (unpaired) electrons. The Bertz CT molecular complexity index is 562. The third kappa shape index (κ3) is 2.69. The molecule has 108 valence electrons. The fourth-order valence-corrected chi connectivity index (χ4v) is 2.69. The number of benzene rings is 1. The highest BCUT2D eigenvalue weighted by molar-refractivity contribution is 6.00. The van der Waals surface area contributed by atoms with E-state index in [1.165, 1.54) is 6.07 Å². The molecule has 0 N–H and O–H groups in total. The van der Waals surface area contributed by atoms with Crippen molar-refractivity contribution < 1.29 is 9.18 Å². The molecule has 1 aliphatic carbocycles. The molecule has 1 aromatic carbocycles. The van der Waals surface area contributed by atoms with Crippen LogP contribution >= 0.6 is 0 Å². The quantitative estimate of drug-likeness (QED) is 0.775. The number of amides is 1. The number of fused-ring (bicyclic) bond motifs is 1. The van der Waals surface area contributed by atoms with Gasteiger partial charge in [0, 0.05) is 28.2 Å². The highest BCUT2D eigenvalue weighted by Gasteiger charge is 2.24. The molecular formula is C16H21FN2O. The zero-order valence-corrected chi connectivity index (χ0v) is 12.5. The zero-order chi connectivity index (χ0) is 14.9. The van der Waals surface area contributed by atoms with E-state index in [1.54, 1.807) is 25.1 Å². The molecule has 20 heavy (non-hydrogen) atoms. The average molecular weight is 276 g/mol. The smallest absolute Gasteiger partial charge is 0.269 e. The van der Waals surface area contributed by atoms with Gasteiger partial charge in [0.15, 0.2) is 0 Å². The minimum Gasteiger partial charge on any atom is -0.373 e. The summed E-state index contributed by atoms with van der Waals surface area (Å²) in [6.45, 7) is 0. The summed E-state index contributed by atoms with van der Waals surface area (Å²) in [5.74, 6) is -0.291. The first-order valence-corrected chi connectivity index (χ1v) is 6.82. The summed E-state index contributed by atoms with van der Waals surface area (Å²) in [4.78, 5) is 15.8. The van der Waals surface area contributed by atoms with Crippen LogP contribution < -0.4 is 0 Å².